The molecule has 2 amide bonds. The van der Waals surface area contributed by atoms with Gasteiger partial charge < -0.3 is 20.2 Å². The number of carbonyl (C=O) groups excluding carboxylic acids is 2. The Hall–Kier alpha value is -3.77. The number of rotatable bonds is 10. The zero-order valence-electron chi connectivity index (χ0n) is 35.6. The number of carbonyl (C=O) groups is 2. The number of benzene rings is 1. The Balaban J connectivity index is 0.000000185. The zero-order chi connectivity index (χ0) is 43.2. The van der Waals surface area contributed by atoms with E-state index < -0.39 is 17.3 Å². The summed E-state index contributed by atoms with van der Waals surface area (Å²) in [4.78, 5) is 37.1. The molecule has 5 aliphatic rings. The molecule has 61 heavy (non-hydrogen) atoms. The summed E-state index contributed by atoms with van der Waals surface area (Å²) in [6.45, 7) is 11.0. The Morgan fingerprint density at radius 1 is 0.951 bits per heavy atom. The number of amides is 2. The Morgan fingerprint density at radius 2 is 1.66 bits per heavy atom. The van der Waals surface area contributed by atoms with Crippen LogP contribution in [-0.2, 0) is 22.3 Å². The number of imide groups is 1. The Morgan fingerprint density at radius 3 is 2.31 bits per heavy atom. The number of nitrogens with one attached hydrogen (secondary N) is 2. The van der Waals surface area contributed by atoms with Crippen LogP contribution in [0.2, 0.25) is 0 Å². The molecule has 4 aliphatic heterocycles. The van der Waals surface area contributed by atoms with Gasteiger partial charge >= 0.3 is 6.18 Å². The summed E-state index contributed by atoms with van der Waals surface area (Å²) in [6.07, 6.45) is 14.1. The molecule has 1 atom stereocenters. The first-order valence-corrected chi connectivity index (χ1v) is 23.0. The summed E-state index contributed by atoms with van der Waals surface area (Å²) in [7, 11) is 0. The standard InChI is InChI=1S/C27H39N3O2.C17H24F3N7OS/c31-25-10-9-24(26(32)28-25)22-7-4-8-23(19-22)30-17-13-27(14-18-30)11-15-29(16-12-27)20-21-5-2-1-3-6-21;1-16(2,28)10-26-9-11(7-23-26)14-13(17(18,19)20)8-22-15(25-14)24-12-3-5-27(29-21)6-4-12/h4,7-8,19,21,24H,1-3,5-6,9-18,20H2,(H,28,31,32);7-9,12,28H,3-6,10,21H2,1-2H3,(H,22,24,25). The molecule has 2 aromatic heterocycles. The number of aromatic nitrogens is 4. The van der Waals surface area contributed by atoms with Gasteiger partial charge in [0.2, 0.25) is 17.8 Å². The quantitative estimate of drug-likeness (QED) is 0.122. The lowest BCUT2D eigenvalue weighted by atomic mass is 9.71. The lowest BCUT2D eigenvalue weighted by molar-refractivity contribution is -0.137. The summed E-state index contributed by atoms with van der Waals surface area (Å²) in [6, 6.07) is 8.53. The molecule has 1 spiro atoms. The first-order valence-electron chi connectivity index (χ1n) is 22.1. The van der Waals surface area contributed by atoms with Crippen molar-refractivity contribution in [1.29, 1.82) is 0 Å². The minimum Gasteiger partial charge on any atom is -0.389 e. The van der Waals surface area contributed by atoms with Crippen LogP contribution in [0.1, 0.15) is 114 Å². The summed E-state index contributed by atoms with van der Waals surface area (Å²) in [5, 5.41) is 25.1. The van der Waals surface area contributed by atoms with E-state index in [2.05, 4.69) is 53.7 Å². The topological polar surface area (TPSA) is 158 Å². The smallest absolute Gasteiger partial charge is 0.389 e. The Bertz CT molecular complexity index is 1930. The van der Waals surface area contributed by atoms with Gasteiger partial charge in [-0.1, -0.05) is 31.4 Å². The Labute approximate surface area is 362 Å². The molecular formula is C44H63F3N10O3S. The fourth-order valence-electron chi connectivity index (χ4n) is 9.77. The van der Waals surface area contributed by atoms with Crippen molar-refractivity contribution in [2.75, 3.05) is 56.0 Å². The van der Waals surface area contributed by atoms with E-state index in [1.54, 1.807) is 13.8 Å². The molecule has 3 aromatic rings. The molecule has 6 heterocycles. The van der Waals surface area contributed by atoms with E-state index in [-0.39, 0.29) is 47.5 Å². The molecule has 5 N–H and O–H groups in total. The second kappa shape index (κ2) is 19.7. The van der Waals surface area contributed by atoms with Gasteiger partial charge in [-0.05, 0) is 114 Å². The van der Waals surface area contributed by atoms with E-state index in [1.165, 1.54) is 112 Å². The van der Waals surface area contributed by atoms with Crippen molar-refractivity contribution in [2.45, 2.75) is 128 Å². The largest absolute Gasteiger partial charge is 0.419 e. The molecule has 334 valence electrons. The van der Waals surface area contributed by atoms with Gasteiger partial charge in [-0.3, -0.25) is 24.7 Å². The number of nitrogens with zero attached hydrogens (tertiary/aromatic N) is 7. The number of aliphatic hydroxyl groups is 1. The lowest BCUT2D eigenvalue weighted by Crippen LogP contribution is -2.47. The van der Waals surface area contributed by atoms with Crippen LogP contribution in [0.3, 0.4) is 0 Å². The molecule has 0 bridgehead atoms. The van der Waals surface area contributed by atoms with Crippen LogP contribution in [0.25, 0.3) is 11.3 Å². The van der Waals surface area contributed by atoms with Crippen molar-refractivity contribution in [3.63, 3.8) is 0 Å². The van der Waals surface area contributed by atoms with Gasteiger partial charge in [-0.25, -0.2) is 14.3 Å². The minimum absolute atomic E-state index is 0.0564. The van der Waals surface area contributed by atoms with Crippen molar-refractivity contribution in [2.24, 2.45) is 16.5 Å². The highest BCUT2D eigenvalue weighted by Gasteiger charge is 2.39. The van der Waals surface area contributed by atoms with Gasteiger partial charge in [-0.2, -0.15) is 18.3 Å². The molecule has 1 unspecified atom stereocenters. The third-order valence-electron chi connectivity index (χ3n) is 13.3. The maximum Gasteiger partial charge on any atom is 0.419 e. The number of hydrogen-bond acceptors (Lipinski definition) is 12. The monoisotopic (exact) mass is 868 g/mol. The van der Waals surface area contributed by atoms with Crippen molar-refractivity contribution >= 4 is 35.6 Å². The van der Waals surface area contributed by atoms with Gasteiger partial charge in [0.25, 0.3) is 0 Å². The maximum absolute atomic E-state index is 13.5. The SMILES string of the molecule is CC(C)(O)Cn1cc(-c2nc(NC3CCN(SN)CC3)ncc2C(F)(F)F)cn1.O=C1CCC(c2cccc(N3CCC4(CCN(CC5CCCCC5)CC4)CC3)c2)C(=O)N1. The van der Waals surface area contributed by atoms with E-state index >= 15 is 0 Å². The average molecular weight is 869 g/mol. The predicted molar refractivity (Wildman–Crippen MR) is 232 cm³/mol. The lowest BCUT2D eigenvalue weighted by Gasteiger charge is -2.48. The molecular weight excluding hydrogens is 806 g/mol. The van der Waals surface area contributed by atoms with Gasteiger partial charge in [0.05, 0.1) is 30.0 Å². The van der Waals surface area contributed by atoms with E-state index in [4.69, 9.17) is 5.14 Å². The second-order valence-electron chi connectivity index (χ2n) is 18.5. The fourth-order valence-corrected chi connectivity index (χ4v) is 10.2. The molecule has 13 nitrogen and oxygen atoms in total. The van der Waals surface area contributed by atoms with Crippen LogP contribution >= 0.6 is 12.1 Å². The highest BCUT2D eigenvalue weighted by molar-refractivity contribution is 7.94. The third kappa shape index (κ3) is 12.2. The molecule has 0 radical (unpaired) electrons. The number of alkyl halides is 3. The predicted octanol–water partition coefficient (Wildman–Crippen LogP) is 7.00. The minimum atomic E-state index is -4.60. The van der Waals surface area contributed by atoms with Gasteiger partial charge in [0.15, 0.2) is 0 Å². The summed E-state index contributed by atoms with van der Waals surface area (Å²) in [5.41, 5.74) is 0.806. The zero-order valence-corrected chi connectivity index (χ0v) is 36.5. The fraction of sp³-hybridized carbons (Fsp3) is 0.659. The van der Waals surface area contributed by atoms with E-state index in [1.807, 2.05) is 10.4 Å². The highest BCUT2D eigenvalue weighted by atomic mass is 32.2. The summed E-state index contributed by atoms with van der Waals surface area (Å²) >= 11 is 1.19. The molecule has 4 saturated heterocycles. The number of piperidine rings is 4. The van der Waals surface area contributed by atoms with E-state index in [0.29, 0.717) is 18.3 Å². The number of hydrogen-bond donors (Lipinski definition) is 4. The molecule has 1 saturated carbocycles. The highest BCUT2D eigenvalue weighted by Crippen LogP contribution is 2.43. The van der Waals surface area contributed by atoms with Crippen LogP contribution in [0, 0.1) is 11.3 Å². The van der Waals surface area contributed by atoms with Gasteiger partial charge in [0, 0.05) is 81.0 Å². The van der Waals surface area contributed by atoms with Crippen LogP contribution in [0.4, 0.5) is 24.8 Å². The van der Waals surface area contributed by atoms with Crippen molar-refractivity contribution in [1.82, 2.24) is 34.3 Å². The van der Waals surface area contributed by atoms with Crippen LogP contribution in [-0.4, -0.2) is 103 Å². The number of likely N-dealkylation sites (tertiary alicyclic amines) is 1. The number of nitrogens with two attached hydrogens (primary N) is 1. The summed E-state index contributed by atoms with van der Waals surface area (Å²) < 4.78 is 43.9. The maximum atomic E-state index is 13.5. The molecule has 1 aromatic carbocycles. The number of anilines is 2. The van der Waals surface area contributed by atoms with Gasteiger partial charge in [0.1, 0.15) is 5.56 Å². The average Bonchev–Trinajstić information content (AvgIpc) is 3.70. The first kappa shape index (κ1) is 45.3. The van der Waals surface area contributed by atoms with Crippen LogP contribution in [0.15, 0.2) is 42.9 Å². The third-order valence-corrected chi connectivity index (χ3v) is 14.0. The first-order chi connectivity index (χ1) is 29.1. The number of halogens is 3. The molecule has 17 heteroatoms. The van der Waals surface area contributed by atoms with Crippen molar-refractivity contribution in [3.8, 4) is 11.3 Å². The van der Waals surface area contributed by atoms with E-state index in [0.717, 1.165) is 56.7 Å². The molecule has 5 fully saturated rings. The molecule has 1 aliphatic carbocycles. The van der Waals surface area contributed by atoms with Crippen molar-refractivity contribution in [3.05, 3.63) is 54.0 Å². The Kier molecular flexibility index (Phi) is 14.6. The van der Waals surface area contributed by atoms with Crippen molar-refractivity contribution < 1.29 is 27.9 Å². The summed E-state index contributed by atoms with van der Waals surface area (Å²) in [5.74, 6) is 0.611. The van der Waals surface area contributed by atoms with E-state index in [9.17, 15) is 27.9 Å². The van der Waals surface area contributed by atoms with Gasteiger partial charge in [-0.15, -0.1) is 0 Å². The molecule has 8 rings (SSSR count). The van der Waals surface area contributed by atoms with Crippen LogP contribution < -0.4 is 20.7 Å². The second-order valence-corrected chi connectivity index (χ2v) is 19.3. The van der Waals surface area contributed by atoms with Crippen LogP contribution in [0.5, 0.6) is 0 Å². The normalized spacial score (nSPS) is 22.5.